The summed E-state index contributed by atoms with van der Waals surface area (Å²) in [6, 6.07) is 10.0. The molecule has 0 aromatic heterocycles. The van der Waals surface area contributed by atoms with Crippen molar-refractivity contribution in [3.63, 3.8) is 0 Å². The van der Waals surface area contributed by atoms with Crippen molar-refractivity contribution in [2.24, 2.45) is 0 Å². The molecule has 0 aliphatic heterocycles. The van der Waals surface area contributed by atoms with Gasteiger partial charge in [-0.2, -0.15) is 0 Å². The van der Waals surface area contributed by atoms with Crippen LogP contribution in [-0.2, 0) is 31.0 Å². The largest absolute Gasteiger partial charge is 0 e. The van der Waals surface area contributed by atoms with Crippen LogP contribution in [0.25, 0.3) is 0 Å². The molecule has 0 saturated heterocycles. The SMILES string of the molecule is C[Si](C)(C)C#CC1=C(C#Cc2ccccc2)C=C1.[C-]#[O+].[C-]#[O+].[C-]#[O+].[Fe]. The summed E-state index contributed by atoms with van der Waals surface area (Å²) in [6.45, 7) is 20.2. The van der Waals surface area contributed by atoms with Gasteiger partial charge in [0.1, 0.15) is 8.07 Å². The van der Waals surface area contributed by atoms with Crippen LogP contribution in [0.5, 0.6) is 0 Å². The zero-order valence-electron chi connectivity index (χ0n) is 14.1. The van der Waals surface area contributed by atoms with E-state index in [2.05, 4.69) is 62.9 Å². The number of hydrogen-bond donors (Lipinski definition) is 0. The maximum absolute atomic E-state index is 7.50. The second-order valence-electron chi connectivity index (χ2n) is 5.28. The number of benzene rings is 1. The normalized spacial score (nSPS) is 9.64. The van der Waals surface area contributed by atoms with Crippen LogP contribution >= 0.6 is 0 Å². The summed E-state index contributed by atoms with van der Waals surface area (Å²) in [5.74, 6) is 9.58. The van der Waals surface area contributed by atoms with Crippen molar-refractivity contribution >= 4 is 8.07 Å². The molecule has 1 aromatic rings. The fourth-order valence-corrected chi connectivity index (χ4v) is 1.89. The van der Waals surface area contributed by atoms with Crippen LogP contribution in [0.1, 0.15) is 5.56 Å². The van der Waals surface area contributed by atoms with E-state index >= 15 is 0 Å². The van der Waals surface area contributed by atoms with Gasteiger partial charge in [0, 0.05) is 33.8 Å². The average molecular weight is 388 g/mol. The van der Waals surface area contributed by atoms with Crippen molar-refractivity contribution in [3.05, 3.63) is 79.1 Å². The molecule has 0 unspecified atom stereocenters. The smallest absolute Gasteiger partial charge is 0 e. The third-order valence-electron chi connectivity index (χ3n) is 2.39. The summed E-state index contributed by atoms with van der Waals surface area (Å²) < 4.78 is 22.5. The van der Waals surface area contributed by atoms with E-state index in [-0.39, 0.29) is 17.1 Å². The first-order valence-electron chi connectivity index (χ1n) is 6.68. The summed E-state index contributed by atoms with van der Waals surface area (Å²) in [6.07, 6.45) is 4.08. The monoisotopic (exact) mass is 388 g/mol. The molecule has 2 rings (SSSR count). The first kappa shape index (κ1) is 27.6. The molecule has 5 heteroatoms. The van der Waals surface area contributed by atoms with E-state index in [1.165, 1.54) is 0 Å². The molecular formula is C20H16FeO3Si. The fourth-order valence-electron chi connectivity index (χ4n) is 1.38. The molecule has 1 aliphatic carbocycles. The summed E-state index contributed by atoms with van der Waals surface area (Å²) in [5, 5.41) is 0. The first-order valence-corrected chi connectivity index (χ1v) is 10.2. The third-order valence-corrected chi connectivity index (χ3v) is 3.27. The predicted molar refractivity (Wildman–Crippen MR) is 92.4 cm³/mol. The van der Waals surface area contributed by atoms with Gasteiger partial charge in [0.25, 0.3) is 0 Å². The number of allylic oxidation sites excluding steroid dienone is 4. The topological polar surface area (TPSA) is 59.7 Å². The summed E-state index contributed by atoms with van der Waals surface area (Å²) in [5.41, 5.74) is 6.55. The molecule has 1 aliphatic rings. The maximum atomic E-state index is 7.50. The molecule has 0 bridgehead atoms. The predicted octanol–water partition coefficient (Wildman–Crippen LogP) is 3.67. The van der Waals surface area contributed by atoms with Gasteiger partial charge in [0.15, 0.2) is 0 Å². The van der Waals surface area contributed by atoms with Gasteiger partial charge in [-0.05, 0) is 24.3 Å². The van der Waals surface area contributed by atoms with Crippen molar-refractivity contribution in [2.45, 2.75) is 19.6 Å². The van der Waals surface area contributed by atoms with E-state index in [1.54, 1.807) is 0 Å². The van der Waals surface area contributed by atoms with Crippen LogP contribution in [0.2, 0.25) is 19.6 Å². The van der Waals surface area contributed by atoms with E-state index in [1.807, 2.05) is 42.5 Å². The molecule has 126 valence electrons. The molecule has 0 fully saturated rings. The molecule has 0 heterocycles. The minimum atomic E-state index is -1.30. The zero-order chi connectivity index (χ0) is 19.0. The maximum Gasteiger partial charge on any atom is 0 e. The standard InChI is InChI=1S/C17H16Si.3CO.Fe/c1-18(2,3)14-13-17-12-11-16(17)10-9-15-7-5-4-6-8-15;3*1-2;/h4-8,11-12H,1-3H3;;;;. The van der Waals surface area contributed by atoms with Crippen molar-refractivity contribution in [1.29, 1.82) is 0 Å². The van der Waals surface area contributed by atoms with E-state index < -0.39 is 8.07 Å². The van der Waals surface area contributed by atoms with Crippen LogP contribution in [0.15, 0.2) is 53.6 Å². The second-order valence-corrected chi connectivity index (χ2v) is 10.0. The Balaban J connectivity index is -0.000000626. The Bertz CT molecular complexity index is 742. The van der Waals surface area contributed by atoms with E-state index in [9.17, 15) is 0 Å². The van der Waals surface area contributed by atoms with Gasteiger partial charge in [0.2, 0.25) is 0 Å². The fraction of sp³-hybridized carbons (Fsp3) is 0.150. The van der Waals surface area contributed by atoms with Gasteiger partial charge >= 0.3 is 33.9 Å². The van der Waals surface area contributed by atoms with Crippen LogP contribution in [-0.4, -0.2) is 8.07 Å². The first-order chi connectivity index (χ1) is 11.5. The molecule has 0 spiro atoms. The molecule has 0 amide bonds. The molecule has 25 heavy (non-hydrogen) atoms. The number of rotatable bonds is 0. The van der Waals surface area contributed by atoms with Crippen LogP contribution in [0.3, 0.4) is 0 Å². The van der Waals surface area contributed by atoms with Crippen molar-refractivity contribution in [3.8, 4) is 23.3 Å². The molecule has 0 saturated carbocycles. The Morgan fingerprint density at radius 2 is 1.16 bits per heavy atom. The minimum absolute atomic E-state index is 0. The van der Waals surface area contributed by atoms with Crippen molar-refractivity contribution < 1.29 is 31.0 Å². The van der Waals surface area contributed by atoms with Gasteiger partial charge in [0.05, 0.1) is 0 Å². The Morgan fingerprint density at radius 3 is 1.56 bits per heavy atom. The molecule has 3 nitrogen and oxygen atoms in total. The van der Waals surface area contributed by atoms with E-state index in [0.29, 0.717) is 0 Å². The molecule has 0 radical (unpaired) electrons. The Labute approximate surface area is 161 Å². The average Bonchev–Trinajstić information content (AvgIpc) is 2.59. The van der Waals surface area contributed by atoms with Crippen LogP contribution in [0.4, 0.5) is 0 Å². The van der Waals surface area contributed by atoms with Gasteiger partial charge in [-0.3, -0.25) is 0 Å². The van der Waals surface area contributed by atoms with Crippen molar-refractivity contribution in [1.82, 2.24) is 0 Å². The van der Waals surface area contributed by atoms with Crippen LogP contribution < -0.4 is 0 Å². The minimum Gasteiger partial charge on any atom is 0 e. The summed E-state index contributed by atoms with van der Waals surface area (Å²) in [7, 11) is -1.30. The second kappa shape index (κ2) is 16.6. The van der Waals surface area contributed by atoms with Gasteiger partial charge in [-0.1, -0.05) is 55.6 Å². The molecular weight excluding hydrogens is 372 g/mol. The Kier molecular flexibility index (Phi) is 18.4. The van der Waals surface area contributed by atoms with Crippen molar-refractivity contribution in [2.75, 3.05) is 0 Å². The molecule has 0 N–H and O–H groups in total. The Morgan fingerprint density at radius 1 is 0.720 bits per heavy atom. The third kappa shape index (κ3) is 12.8. The zero-order valence-corrected chi connectivity index (χ0v) is 16.2. The number of hydrogen-bond acceptors (Lipinski definition) is 0. The quantitative estimate of drug-likeness (QED) is 0.282. The Hall–Kier alpha value is -2.22. The van der Waals surface area contributed by atoms with E-state index in [0.717, 1.165) is 16.7 Å². The molecule has 0 atom stereocenters. The molecule has 1 aromatic carbocycles. The summed E-state index contributed by atoms with van der Waals surface area (Å²) >= 11 is 0. The van der Waals surface area contributed by atoms with Crippen LogP contribution in [0, 0.1) is 43.3 Å². The summed E-state index contributed by atoms with van der Waals surface area (Å²) in [4.78, 5) is 0. The van der Waals surface area contributed by atoms with E-state index in [4.69, 9.17) is 14.0 Å². The van der Waals surface area contributed by atoms with Gasteiger partial charge in [-0.25, -0.2) is 0 Å². The van der Waals surface area contributed by atoms with Gasteiger partial charge < -0.3 is 0 Å². The van der Waals surface area contributed by atoms with Gasteiger partial charge in [-0.15, -0.1) is 5.54 Å².